The van der Waals surface area contributed by atoms with Crippen molar-refractivity contribution >= 4 is 34.8 Å². The molecule has 0 saturated carbocycles. The van der Waals surface area contributed by atoms with E-state index in [9.17, 15) is 9.90 Å². The lowest BCUT2D eigenvalue weighted by Gasteiger charge is -2.07. The number of amides is 1. The Morgan fingerprint density at radius 3 is 2.55 bits per heavy atom. The van der Waals surface area contributed by atoms with Gasteiger partial charge >= 0.3 is 0 Å². The summed E-state index contributed by atoms with van der Waals surface area (Å²) in [7, 11) is 0. The van der Waals surface area contributed by atoms with Gasteiger partial charge in [-0.05, 0) is 30.7 Å². The molecule has 0 atom stereocenters. The second kappa shape index (κ2) is 6.59. The van der Waals surface area contributed by atoms with Crippen molar-refractivity contribution in [1.29, 1.82) is 0 Å². The van der Waals surface area contributed by atoms with Gasteiger partial charge in [-0.2, -0.15) is 0 Å². The summed E-state index contributed by atoms with van der Waals surface area (Å²) in [5.41, 5.74) is 1.30. The third-order valence-corrected chi connectivity index (χ3v) is 3.21. The number of aryl methyl sites for hydroxylation is 1. The Morgan fingerprint density at radius 2 is 1.95 bits per heavy atom. The molecule has 0 radical (unpaired) electrons. The van der Waals surface area contributed by atoms with E-state index in [-0.39, 0.29) is 21.7 Å². The van der Waals surface area contributed by atoms with E-state index < -0.39 is 0 Å². The van der Waals surface area contributed by atoms with Crippen molar-refractivity contribution in [3.63, 3.8) is 0 Å². The van der Waals surface area contributed by atoms with Crippen LogP contribution in [0.3, 0.4) is 0 Å². The number of nitrogens with zero attached hydrogens (tertiary/aromatic N) is 1. The van der Waals surface area contributed by atoms with E-state index in [0.29, 0.717) is 18.5 Å². The summed E-state index contributed by atoms with van der Waals surface area (Å²) >= 11 is 11.6. The molecule has 0 bridgehead atoms. The maximum absolute atomic E-state index is 11.8. The van der Waals surface area contributed by atoms with Crippen LogP contribution in [0, 0.1) is 0 Å². The number of halogens is 2. The normalized spacial score (nSPS) is 10.3. The fraction of sp³-hybridized carbons (Fsp3) is 0.143. The van der Waals surface area contributed by atoms with Crippen molar-refractivity contribution < 1.29 is 9.90 Å². The van der Waals surface area contributed by atoms with E-state index in [0.717, 1.165) is 5.69 Å². The van der Waals surface area contributed by atoms with Crippen molar-refractivity contribution in [3.8, 4) is 5.75 Å². The van der Waals surface area contributed by atoms with Gasteiger partial charge in [0.25, 0.3) is 0 Å². The predicted octanol–water partition coefficient (Wildman–Crippen LogP) is 3.67. The number of hydrogen-bond donors (Lipinski definition) is 2. The minimum atomic E-state index is -0.195. The Kier molecular flexibility index (Phi) is 4.82. The summed E-state index contributed by atoms with van der Waals surface area (Å²) in [6, 6.07) is 8.45. The monoisotopic (exact) mass is 310 g/mol. The molecular formula is C14H12Cl2N2O2. The molecule has 20 heavy (non-hydrogen) atoms. The Balaban J connectivity index is 1.95. The second-order valence-corrected chi connectivity index (χ2v) is 4.97. The van der Waals surface area contributed by atoms with Crippen LogP contribution >= 0.6 is 23.2 Å². The van der Waals surface area contributed by atoms with Crippen molar-refractivity contribution in [1.82, 2.24) is 4.98 Å². The number of carbonyl (C=O) groups excluding carboxylic acids is 1. The number of benzene rings is 1. The highest BCUT2D eigenvalue weighted by molar-refractivity contribution is 6.37. The highest BCUT2D eigenvalue weighted by Crippen LogP contribution is 2.34. The standard InChI is InChI=1S/C14H12Cl2N2O2/c15-11-7-10(8-12(16)14(11)20)18-13(19)5-4-9-3-1-2-6-17-9/h1-3,6-8,20H,4-5H2,(H,18,19). The van der Waals surface area contributed by atoms with E-state index in [4.69, 9.17) is 23.2 Å². The number of carbonyl (C=O) groups is 1. The molecule has 0 aliphatic heterocycles. The Hall–Kier alpha value is -1.78. The summed E-state index contributed by atoms with van der Waals surface area (Å²) in [5, 5.41) is 12.3. The van der Waals surface area contributed by atoms with Crippen LogP contribution in [0.25, 0.3) is 0 Å². The molecule has 1 heterocycles. The lowest BCUT2D eigenvalue weighted by molar-refractivity contribution is -0.116. The zero-order valence-corrected chi connectivity index (χ0v) is 11.9. The molecule has 0 fully saturated rings. The van der Waals surface area contributed by atoms with Crippen LogP contribution in [0.4, 0.5) is 5.69 Å². The number of aromatic nitrogens is 1. The van der Waals surface area contributed by atoms with Gasteiger partial charge in [0, 0.05) is 24.0 Å². The summed E-state index contributed by atoms with van der Waals surface area (Å²) in [6.07, 6.45) is 2.53. The van der Waals surface area contributed by atoms with Crippen LogP contribution in [0.2, 0.25) is 10.0 Å². The molecule has 0 unspecified atom stereocenters. The molecule has 0 saturated heterocycles. The molecule has 0 aliphatic rings. The zero-order valence-electron chi connectivity index (χ0n) is 10.4. The highest BCUT2D eigenvalue weighted by Gasteiger charge is 2.09. The van der Waals surface area contributed by atoms with Gasteiger partial charge in [-0.3, -0.25) is 9.78 Å². The highest BCUT2D eigenvalue weighted by atomic mass is 35.5. The number of aromatic hydroxyl groups is 1. The fourth-order valence-corrected chi connectivity index (χ4v) is 2.14. The van der Waals surface area contributed by atoms with E-state index in [1.165, 1.54) is 12.1 Å². The van der Waals surface area contributed by atoms with Gasteiger partial charge in [0.05, 0.1) is 10.0 Å². The molecule has 4 nitrogen and oxygen atoms in total. The number of nitrogens with one attached hydrogen (secondary N) is 1. The molecule has 0 spiro atoms. The Labute approximate surface area is 126 Å². The van der Waals surface area contributed by atoms with E-state index in [1.807, 2.05) is 18.2 Å². The number of anilines is 1. The first kappa shape index (κ1) is 14.6. The van der Waals surface area contributed by atoms with Gasteiger partial charge in [0.1, 0.15) is 0 Å². The van der Waals surface area contributed by atoms with Crippen LogP contribution in [0.5, 0.6) is 5.75 Å². The molecule has 6 heteroatoms. The van der Waals surface area contributed by atoms with Gasteiger partial charge < -0.3 is 10.4 Å². The topological polar surface area (TPSA) is 62.2 Å². The van der Waals surface area contributed by atoms with Crippen molar-refractivity contribution in [2.75, 3.05) is 5.32 Å². The smallest absolute Gasteiger partial charge is 0.224 e. The molecule has 0 aliphatic carbocycles. The third-order valence-electron chi connectivity index (χ3n) is 2.64. The first-order valence-electron chi connectivity index (χ1n) is 5.94. The zero-order chi connectivity index (χ0) is 14.5. The minimum absolute atomic E-state index is 0.0949. The molecule has 2 aromatic rings. The maximum Gasteiger partial charge on any atom is 0.224 e. The predicted molar refractivity (Wildman–Crippen MR) is 79.3 cm³/mol. The lowest BCUT2D eigenvalue weighted by Crippen LogP contribution is -2.12. The molecule has 1 aromatic carbocycles. The van der Waals surface area contributed by atoms with Crippen molar-refractivity contribution in [2.45, 2.75) is 12.8 Å². The first-order valence-corrected chi connectivity index (χ1v) is 6.69. The van der Waals surface area contributed by atoms with Crippen molar-refractivity contribution in [2.24, 2.45) is 0 Å². The minimum Gasteiger partial charge on any atom is -0.505 e. The molecular weight excluding hydrogens is 299 g/mol. The van der Waals surface area contributed by atoms with E-state index >= 15 is 0 Å². The molecule has 2 N–H and O–H groups in total. The summed E-state index contributed by atoms with van der Waals surface area (Å²) < 4.78 is 0. The van der Waals surface area contributed by atoms with E-state index in [1.54, 1.807) is 6.20 Å². The molecule has 1 amide bonds. The van der Waals surface area contributed by atoms with E-state index in [2.05, 4.69) is 10.3 Å². The van der Waals surface area contributed by atoms with Gasteiger partial charge in [-0.15, -0.1) is 0 Å². The largest absolute Gasteiger partial charge is 0.505 e. The summed E-state index contributed by atoms with van der Waals surface area (Å²) in [6.45, 7) is 0. The quantitative estimate of drug-likeness (QED) is 0.847. The number of rotatable bonds is 4. The second-order valence-electron chi connectivity index (χ2n) is 4.16. The molecule has 2 rings (SSSR count). The van der Waals surface area contributed by atoms with Crippen LogP contribution in [0.15, 0.2) is 36.5 Å². The van der Waals surface area contributed by atoms with Gasteiger partial charge in [0.2, 0.25) is 5.91 Å². The third kappa shape index (κ3) is 3.85. The van der Waals surface area contributed by atoms with Crippen LogP contribution in [-0.4, -0.2) is 16.0 Å². The lowest BCUT2D eigenvalue weighted by atomic mass is 10.2. The number of pyridine rings is 1. The molecule has 104 valence electrons. The number of phenols is 1. The van der Waals surface area contributed by atoms with Gasteiger partial charge in [-0.1, -0.05) is 29.3 Å². The maximum atomic E-state index is 11.8. The fourth-order valence-electron chi connectivity index (χ4n) is 1.65. The summed E-state index contributed by atoms with van der Waals surface area (Å²) in [4.78, 5) is 15.9. The Bertz CT molecular complexity index is 595. The Morgan fingerprint density at radius 1 is 1.25 bits per heavy atom. The number of phenolic OH excluding ortho intramolecular Hbond substituents is 1. The number of hydrogen-bond acceptors (Lipinski definition) is 3. The van der Waals surface area contributed by atoms with Gasteiger partial charge in [-0.25, -0.2) is 0 Å². The first-order chi connectivity index (χ1) is 9.56. The molecule has 1 aromatic heterocycles. The van der Waals surface area contributed by atoms with Crippen LogP contribution in [-0.2, 0) is 11.2 Å². The summed E-state index contributed by atoms with van der Waals surface area (Å²) in [5.74, 6) is -0.367. The van der Waals surface area contributed by atoms with Crippen LogP contribution < -0.4 is 5.32 Å². The average molecular weight is 311 g/mol. The van der Waals surface area contributed by atoms with Crippen molar-refractivity contribution in [3.05, 3.63) is 52.3 Å². The van der Waals surface area contributed by atoms with Gasteiger partial charge in [0.15, 0.2) is 5.75 Å². The SMILES string of the molecule is O=C(CCc1ccccn1)Nc1cc(Cl)c(O)c(Cl)c1. The van der Waals surface area contributed by atoms with Crippen LogP contribution in [0.1, 0.15) is 12.1 Å². The average Bonchev–Trinajstić information content (AvgIpc) is 2.43.